The Hall–Kier alpha value is -3.40. The number of pyridine rings is 1. The van der Waals surface area contributed by atoms with Gasteiger partial charge in [-0.1, -0.05) is 54.6 Å². The van der Waals surface area contributed by atoms with Crippen LogP contribution >= 0.6 is 0 Å². The number of hydrogen-bond donors (Lipinski definition) is 0. The summed E-state index contributed by atoms with van der Waals surface area (Å²) in [4.78, 5) is 18.7. The molecule has 128 valence electrons. The molecule has 2 heterocycles. The lowest BCUT2D eigenvalue weighted by molar-refractivity contribution is -0.106. The molecule has 0 spiro atoms. The van der Waals surface area contributed by atoms with E-state index in [1.807, 2.05) is 91.2 Å². The van der Waals surface area contributed by atoms with Crippen molar-refractivity contribution in [3.8, 4) is 11.3 Å². The van der Waals surface area contributed by atoms with Crippen molar-refractivity contribution < 1.29 is 4.79 Å². The van der Waals surface area contributed by atoms with E-state index in [1.165, 1.54) is 0 Å². The van der Waals surface area contributed by atoms with Gasteiger partial charge in [0.2, 0.25) is 6.41 Å². The van der Waals surface area contributed by atoms with Gasteiger partial charge in [0.25, 0.3) is 0 Å². The number of hydrogen-bond acceptors (Lipinski definition) is 2. The number of fused-ring (bicyclic) bond motifs is 1. The third-order valence-electron chi connectivity index (χ3n) is 4.57. The third-order valence-corrected chi connectivity index (χ3v) is 4.57. The minimum absolute atomic E-state index is 0.749. The normalized spacial score (nSPS) is 10.8. The summed E-state index contributed by atoms with van der Waals surface area (Å²) in [6.45, 7) is 4.04. The number of benzene rings is 2. The van der Waals surface area contributed by atoms with E-state index in [-0.39, 0.29) is 0 Å². The Morgan fingerprint density at radius 2 is 1.58 bits per heavy atom. The Bertz CT molecular complexity index is 1060. The van der Waals surface area contributed by atoms with E-state index >= 15 is 0 Å². The van der Waals surface area contributed by atoms with Gasteiger partial charge in [0, 0.05) is 11.8 Å². The minimum Gasteiger partial charge on any atom is -0.285 e. The number of carbonyl (C=O) groups excluding carboxylic acids is 1. The molecular formula is C22H19N3O. The molecule has 0 saturated heterocycles. The number of anilines is 2. The van der Waals surface area contributed by atoms with Crippen LogP contribution in [0.2, 0.25) is 0 Å². The molecule has 1 amide bonds. The lowest BCUT2D eigenvalue weighted by Gasteiger charge is -2.22. The largest absolute Gasteiger partial charge is 0.285 e. The van der Waals surface area contributed by atoms with Crippen LogP contribution < -0.4 is 4.90 Å². The molecule has 26 heavy (non-hydrogen) atoms. The molecule has 0 fully saturated rings. The summed E-state index contributed by atoms with van der Waals surface area (Å²) < 4.78 is 1.96. The summed E-state index contributed by atoms with van der Waals surface area (Å²) in [6.07, 6.45) is 2.81. The first-order valence-corrected chi connectivity index (χ1v) is 8.54. The van der Waals surface area contributed by atoms with Crippen molar-refractivity contribution >= 4 is 23.6 Å². The van der Waals surface area contributed by atoms with Gasteiger partial charge in [0.15, 0.2) is 5.82 Å². The highest BCUT2D eigenvalue weighted by atomic mass is 16.1. The maximum Gasteiger partial charge on any atom is 0.219 e. The Morgan fingerprint density at radius 3 is 2.27 bits per heavy atom. The predicted molar refractivity (Wildman–Crippen MR) is 105 cm³/mol. The molecular weight excluding hydrogens is 322 g/mol. The Labute approximate surface area is 152 Å². The summed E-state index contributed by atoms with van der Waals surface area (Å²) in [5.41, 5.74) is 5.55. The fourth-order valence-corrected chi connectivity index (χ4v) is 3.40. The highest BCUT2D eigenvalue weighted by Crippen LogP contribution is 2.37. The van der Waals surface area contributed by atoms with Gasteiger partial charge in [-0.25, -0.2) is 4.98 Å². The van der Waals surface area contributed by atoms with Gasteiger partial charge >= 0.3 is 0 Å². The minimum atomic E-state index is 0.749. The number of rotatable bonds is 4. The summed E-state index contributed by atoms with van der Waals surface area (Å²) in [5.74, 6) is 0.749. The smallest absolute Gasteiger partial charge is 0.219 e. The first-order chi connectivity index (χ1) is 12.7. The number of nitrogens with zero attached hydrogens (tertiary/aromatic N) is 3. The van der Waals surface area contributed by atoms with E-state index in [1.54, 1.807) is 4.90 Å². The molecule has 0 saturated carbocycles. The molecule has 0 atom stereocenters. The number of carbonyl (C=O) groups is 1. The van der Waals surface area contributed by atoms with Crippen LogP contribution in [-0.2, 0) is 4.79 Å². The SMILES string of the molecule is Cc1cccc(C)c1N(C=O)c1c(-c2ccccc2)nc2ccccn12. The number of aryl methyl sites for hydroxylation is 2. The summed E-state index contributed by atoms with van der Waals surface area (Å²) in [5, 5.41) is 0. The topological polar surface area (TPSA) is 37.6 Å². The zero-order valence-corrected chi connectivity index (χ0v) is 14.8. The molecule has 0 unspecified atom stereocenters. The second kappa shape index (κ2) is 6.48. The second-order valence-corrected chi connectivity index (χ2v) is 6.29. The van der Waals surface area contributed by atoms with Gasteiger partial charge in [-0.15, -0.1) is 0 Å². The summed E-state index contributed by atoms with van der Waals surface area (Å²) >= 11 is 0. The van der Waals surface area contributed by atoms with Crippen LogP contribution in [0.3, 0.4) is 0 Å². The van der Waals surface area contributed by atoms with E-state index in [4.69, 9.17) is 4.98 Å². The quantitative estimate of drug-likeness (QED) is 0.495. The van der Waals surface area contributed by atoms with Crippen LogP contribution in [0.25, 0.3) is 16.9 Å². The van der Waals surface area contributed by atoms with E-state index in [2.05, 4.69) is 0 Å². The van der Waals surface area contributed by atoms with Gasteiger partial charge in [-0.3, -0.25) is 14.1 Å². The lowest BCUT2D eigenvalue weighted by Crippen LogP contribution is -2.19. The van der Waals surface area contributed by atoms with Crippen LogP contribution in [0.5, 0.6) is 0 Å². The molecule has 4 aromatic rings. The molecule has 0 bridgehead atoms. The van der Waals surface area contributed by atoms with Crippen molar-refractivity contribution in [3.05, 3.63) is 84.1 Å². The summed E-state index contributed by atoms with van der Waals surface area (Å²) in [7, 11) is 0. The van der Waals surface area contributed by atoms with Crippen molar-refractivity contribution in [2.75, 3.05) is 4.90 Å². The van der Waals surface area contributed by atoms with Crippen LogP contribution in [0, 0.1) is 13.8 Å². The van der Waals surface area contributed by atoms with Gasteiger partial charge in [-0.05, 0) is 37.1 Å². The van der Waals surface area contributed by atoms with Crippen molar-refractivity contribution in [2.45, 2.75) is 13.8 Å². The molecule has 2 aromatic carbocycles. The third kappa shape index (κ3) is 2.56. The van der Waals surface area contributed by atoms with Crippen LogP contribution in [0.15, 0.2) is 72.9 Å². The Balaban J connectivity index is 2.05. The predicted octanol–water partition coefficient (Wildman–Crippen LogP) is 4.91. The second-order valence-electron chi connectivity index (χ2n) is 6.29. The number of amides is 1. The number of imidazole rings is 1. The van der Waals surface area contributed by atoms with Gasteiger partial charge in [0.05, 0.1) is 5.69 Å². The molecule has 2 aromatic heterocycles. The van der Waals surface area contributed by atoms with Gasteiger partial charge in [0.1, 0.15) is 11.3 Å². The van der Waals surface area contributed by atoms with Crippen LogP contribution in [0.4, 0.5) is 11.5 Å². The monoisotopic (exact) mass is 341 g/mol. The van der Waals surface area contributed by atoms with Gasteiger partial charge < -0.3 is 0 Å². The highest BCUT2D eigenvalue weighted by molar-refractivity contribution is 5.94. The molecule has 0 aliphatic rings. The molecule has 0 aliphatic carbocycles. The molecule has 0 N–H and O–H groups in total. The van der Waals surface area contributed by atoms with E-state index in [0.717, 1.165) is 45.9 Å². The number of aromatic nitrogens is 2. The maximum atomic E-state index is 12.2. The fraction of sp³-hybridized carbons (Fsp3) is 0.0909. The Kier molecular flexibility index (Phi) is 4.01. The van der Waals surface area contributed by atoms with Crippen LogP contribution in [0.1, 0.15) is 11.1 Å². The average molecular weight is 341 g/mol. The van der Waals surface area contributed by atoms with Crippen molar-refractivity contribution in [2.24, 2.45) is 0 Å². The maximum absolute atomic E-state index is 12.2. The van der Waals surface area contributed by atoms with E-state index < -0.39 is 0 Å². The van der Waals surface area contributed by atoms with Crippen molar-refractivity contribution in [1.82, 2.24) is 9.38 Å². The zero-order chi connectivity index (χ0) is 18.1. The molecule has 0 radical (unpaired) electrons. The lowest BCUT2D eigenvalue weighted by atomic mass is 10.1. The standard InChI is InChI=1S/C22H19N3O/c1-16-9-8-10-17(2)21(16)25(15-26)22-20(18-11-4-3-5-12-18)23-19-13-6-7-14-24(19)22/h3-15H,1-2H3. The highest BCUT2D eigenvalue weighted by Gasteiger charge is 2.23. The molecule has 4 heteroatoms. The van der Waals surface area contributed by atoms with E-state index in [9.17, 15) is 4.79 Å². The van der Waals surface area contributed by atoms with Crippen LogP contribution in [-0.4, -0.2) is 15.8 Å². The average Bonchev–Trinajstić information content (AvgIpc) is 3.05. The molecule has 4 nitrogen and oxygen atoms in total. The first-order valence-electron chi connectivity index (χ1n) is 8.54. The summed E-state index contributed by atoms with van der Waals surface area (Å²) in [6, 6.07) is 21.8. The first kappa shape index (κ1) is 16.1. The van der Waals surface area contributed by atoms with E-state index in [0.29, 0.717) is 0 Å². The molecule has 0 aliphatic heterocycles. The zero-order valence-electron chi connectivity index (χ0n) is 14.8. The van der Waals surface area contributed by atoms with Crippen molar-refractivity contribution in [1.29, 1.82) is 0 Å². The Morgan fingerprint density at radius 1 is 0.885 bits per heavy atom. The van der Waals surface area contributed by atoms with Crippen molar-refractivity contribution in [3.63, 3.8) is 0 Å². The van der Waals surface area contributed by atoms with Gasteiger partial charge in [-0.2, -0.15) is 0 Å². The number of para-hydroxylation sites is 1. The molecule has 4 rings (SSSR count). The fourth-order valence-electron chi connectivity index (χ4n) is 3.40.